The number of nitrogens with zero attached hydrogens (tertiary/aromatic N) is 1. The maximum absolute atomic E-state index is 12.2. The number of rotatable bonds is 30. The lowest BCUT2D eigenvalue weighted by Gasteiger charge is -2.16. The van der Waals surface area contributed by atoms with E-state index < -0.39 is 0 Å². The lowest BCUT2D eigenvalue weighted by Crippen LogP contribution is -2.45. The van der Waals surface area contributed by atoms with E-state index in [2.05, 4.69) is 22.9 Å². The predicted molar refractivity (Wildman–Crippen MR) is 162 cm³/mol. The molecule has 8 heteroatoms. The standard InChI is InChI=1S/C30H64N6O2/c1-2-3-4-5-6-7-8-9-10-11-12-13-14-15-16-21-30(38)36(32)28-29(37)35-27-20-26-34-24-18-17-23-33-25-19-22-31/h33-34H,2-28,31-32H2,1H3,(H,35,37). The van der Waals surface area contributed by atoms with Gasteiger partial charge < -0.3 is 21.7 Å². The third-order valence-electron chi connectivity index (χ3n) is 7.00. The van der Waals surface area contributed by atoms with Crippen molar-refractivity contribution in [2.24, 2.45) is 11.6 Å². The Bertz CT molecular complexity index is 521. The summed E-state index contributed by atoms with van der Waals surface area (Å²) in [5.41, 5.74) is 5.46. The molecule has 0 aromatic rings. The summed E-state index contributed by atoms with van der Waals surface area (Å²) in [6.07, 6.45) is 24.1. The van der Waals surface area contributed by atoms with Crippen LogP contribution >= 0.6 is 0 Å². The average molecular weight is 541 g/mol. The Morgan fingerprint density at radius 2 is 1.03 bits per heavy atom. The fraction of sp³-hybridized carbons (Fsp3) is 0.933. The highest BCUT2D eigenvalue weighted by atomic mass is 16.2. The summed E-state index contributed by atoms with van der Waals surface area (Å²) in [5, 5.41) is 10.7. The van der Waals surface area contributed by atoms with Crippen LogP contribution in [0.5, 0.6) is 0 Å². The second kappa shape index (κ2) is 30.3. The molecule has 2 amide bonds. The zero-order valence-corrected chi connectivity index (χ0v) is 25.0. The zero-order chi connectivity index (χ0) is 27.9. The highest BCUT2D eigenvalue weighted by Crippen LogP contribution is 2.13. The number of hydrogen-bond acceptors (Lipinski definition) is 6. The summed E-state index contributed by atoms with van der Waals surface area (Å²) in [7, 11) is 0. The third-order valence-corrected chi connectivity index (χ3v) is 7.00. The Morgan fingerprint density at radius 1 is 0.579 bits per heavy atom. The van der Waals surface area contributed by atoms with Crippen molar-refractivity contribution in [3.8, 4) is 0 Å². The minimum atomic E-state index is -0.194. The van der Waals surface area contributed by atoms with Crippen molar-refractivity contribution in [1.82, 2.24) is 21.0 Å². The molecule has 0 aliphatic rings. The van der Waals surface area contributed by atoms with Gasteiger partial charge in [-0.15, -0.1) is 0 Å². The number of nitrogens with one attached hydrogen (secondary N) is 3. The molecule has 0 aromatic carbocycles. The van der Waals surface area contributed by atoms with Crippen LogP contribution in [0.3, 0.4) is 0 Å². The molecule has 8 nitrogen and oxygen atoms in total. The van der Waals surface area contributed by atoms with E-state index in [0.717, 1.165) is 76.3 Å². The largest absolute Gasteiger partial charge is 0.354 e. The van der Waals surface area contributed by atoms with Crippen molar-refractivity contribution in [2.75, 3.05) is 45.8 Å². The molecule has 0 heterocycles. The Labute approximate surface area is 235 Å². The molecule has 0 unspecified atom stereocenters. The fourth-order valence-electron chi connectivity index (χ4n) is 4.51. The first-order valence-corrected chi connectivity index (χ1v) is 16.0. The van der Waals surface area contributed by atoms with Crippen molar-refractivity contribution < 1.29 is 9.59 Å². The van der Waals surface area contributed by atoms with Crippen LogP contribution in [0, 0.1) is 0 Å². The maximum Gasteiger partial charge on any atom is 0.241 e. The van der Waals surface area contributed by atoms with Crippen molar-refractivity contribution in [2.45, 2.75) is 135 Å². The quantitative estimate of drug-likeness (QED) is 0.0387. The summed E-state index contributed by atoms with van der Waals surface area (Å²) in [5.74, 6) is 5.48. The second-order valence-corrected chi connectivity index (χ2v) is 10.8. The maximum atomic E-state index is 12.2. The number of hydrogen-bond donors (Lipinski definition) is 5. The Morgan fingerprint density at radius 3 is 1.53 bits per heavy atom. The van der Waals surface area contributed by atoms with Gasteiger partial charge in [0.05, 0.1) is 0 Å². The molecule has 0 bridgehead atoms. The first-order valence-electron chi connectivity index (χ1n) is 16.0. The predicted octanol–water partition coefficient (Wildman–Crippen LogP) is 4.76. The first kappa shape index (κ1) is 36.8. The molecule has 38 heavy (non-hydrogen) atoms. The van der Waals surface area contributed by atoms with Crippen molar-refractivity contribution in [1.29, 1.82) is 0 Å². The van der Waals surface area contributed by atoms with E-state index >= 15 is 0 Å². The van der Waals surface area contributed by atoms with Gasteiger partial charge in [0.2, 0.25) is 11.8 Å². The highest BCUT2D eigenvalue weighted by molar-refractivity contribution is 5.84. The molecule has 226 valence electrons. The number of hydrazine groups is 1. The Balaban J connectivity index is 3.42. The van der Waals surface area contributed by atoms with E-state index in [4.69, 9.17) is 11.6 Å². The topological polar surface area (TPSA) is 126 Å². The monoisotopic (exact) mass is 541 g/mol. The molecule has 0 spiro atoms. The summed E-state index contributed by atoms with van der Waals surface area (Å²) in [4.78, 5) is 24.2. The zero-order valence-electron chi connectivity index (χ0n) is 25.0. The highest BCUT2D eigenvalue weighted by Gasteiger charge is 2.13. The van der Waals surface area contributed by atoms with E-state index in [1.54, 1.807) is 0 Å². The number of amides is 2. The van der Waals surface area contributed by atoms with E-state index in [1.165, 1.54) is 83.5 Å². The van der Waals surface area contributed by atoms with Crippen LogP contribution in [0.2, 0.25) is 0 Å². The van der Waals surface area contributed by atoms with E-state index in [0.29, 0.717) is 13.0 Å². The summed E-state index contributed by atoms with van der Waals surface area (Å²) < 4.78 is 0. The smallest absolute Gasteiger partial charge is 0.241 e. The molecular formula is C30H64N6O2. The molecule has 0 radical (unpaired) electrons. The lowest BCUT2D eigenvalue weighted by molar-refractivity contribution is -0.136. The second-order valence-electron chi connectivity index (χ2n) is 10.8. The number of unbranched alkanes of at least 4 members (excludes halogenated alkanes) is 15. The van der Waals surface area contributed by atoms with Crippen molar-refractivity contribution >= 4 is 11.8 Å². The third kappa shape index (κ3) is 27.8. The van der Waals surface area contributed by atoms with Crippen molar-refractivity contribution in [3.63, 3.8) is 0 Å². The minimum Gasteiger partial charge on any atom is -0.354 e. The van der Waals surface area contributed by atoms with Gasteiger partial charge in [-0.25, -0.2) is 5.84 Å². The Kier molecular flexibility index (Phi) is 29.3. The summed E-state index contributed by atoms with van der Waals surface area (Å²) >= 11 is 0. The summed E-state index contributed by atoms with van der Waals surface area (Å²) in [6, 6.07) is 0. The molecule has 0 fully saturated rings. The van der Waals surface area contributed by atoms with Crippen molar-refractivity contribution in [3.05, 3.63) is 0 Å². The molecule has 0 rings (SSSR count). The van der Waals surface area contributed by atoms with Gasteiger partial charge in [0.15, 0.2) is 0 Å². The molecule has 7 N–H and O–H groups in total. The number of nitrogens with two attached hydrogens (primary N) is 2. The van der Waals surface area contributed by atoms with Gasteiger partial charge in [0, 0.05) is 13.0 Å². The summed E-state index contributed by atoms with van der Waals surface area (Å²) in [6.45, 7) is 7.41. The van der Waals surface area contributed by atoms with Gasteiger partial charge in [0.25, 0.3) is 0 Å². The van der Waals surface area contributed by atoms with Gasteiger partial charge in [-0.1, -0.05) is 96.8 Å². The Hall–Kier alpha value is -1.22. The molecule has 0 atom stereocenters. The van der Waals surface area contributed by atoms with Crippen LogP contribution in [0.4, 0.5) is 0 Å². The molecular weight excluding hydrogens is 476 g/mol. The van der Waals surface area contributed by atoms with Gasteiger partial charge in [0.1, 0.15) is 6.54 Å². The van der Waals surface area contributed by atoms with Gasteiger partial charge in [-0.3, -0.25) is 14.6 Å². The van der Waals surface area contributed by atoms with Crippen LogP contribution in [-0.2, 0) is 9.59 Å². The van der Waals surface area contributed by atoms with Gasteiger partial charge in [-0.2, -0.15) is 0 Å². The van der Waals surface area contributed by atoms with Gasteiger partial charge >= 0.3 is 0 Å². The van der Waals surface area contributed by atoms with Crippen LogP contribution in [0.25, 0.3) is 0 Å². The fourth-order valence-corrected chi connectivity index (χ4v) is 4.51. The average Bonchev–Trinajstić information content (AvgIpc) is 2.91. The first-order chi connectivity index (χ1) is 18.6. The van der Waals surface area contributed by atoms with Gasteiger partial charge in [-0.05, 0) is 64.8 Å². The lowest BCUT2D eigenvalue weighted by atomic mass is 10.0. The van der Waals surface area contributed by atoms with Crippen LogP contribution in [0.1, 0.15) is 135 Å². The SMILES string of the molecule is CCCCCCCCCCCCCCCCCC(=O)N(N)CC(=O)NCCCNCCCCNCCCN. The molecule has 0 saturated carbocycles. The normalized spacial score (nSPS) is 11.1. The molecule has 0 aromatic heterocycles. The van der Waals surface area contributed by atoms with Crippen LogP contribution < -0.4 is 27.5 Å². The van der Waals surface area contributed by atoms with Crippen LogP contribution in [-0.4, -0.2) is 62.6 Å². The molecule has 0 aliphatic carbocycles. The number of carbonyl (C=O) groups excluding carboxylic acids is 2. The minimum absolute atomic E-state index is 0.0673. The van der Waals surface area contributed by atoms with E-state index in [1.807, 2.05) is 0 Å². The molecule has 0 aliphatic heterocycles. The van der Waals surface area contributed by atoms with E-state index in [9.17, 15) is 9.59 Å². The van der Waals surface area contributed by atoms with E-state index in [-0.39, 0.29) is 18.4 Å². The molecule has 0 saturated heterocycles. The van der Waals surface area contributed by atoms with Crippen LogP contribution in [0.15, 0.2) is 0 Å². The number of carbonyl (C=O) groups is 2.